The first-order valence-electron chi connectivity index (χ1n) is 11.5. The Labute approximate surface area is 223 Å². The third-order valence-electron chi connectivity index (χ3n) is 5.32. The summed E-state index contributed by atoms with van der Waals surface area (Å²) in [6, 6.07) is 18.0. The molecule has 10 heteroatoms. The third-order valence-corrected chi connectivity index (χ3v) is 7.35. The van der Waals surface area contributed by atoms with E-state index in [9.17, 15) is 9.59 Å². The normalized spacial score (nSPS) is 11.6. The molecule has 3 aromatic carbocycles. The first-order valence-corrected chi connectivity index (χ1v) is 13.2. The van der Waals surface area contributed by atoms with Crippen LogP contribution in [0.2, 0.25) is 0 Å². The van der Waals surface area contributed by atoms with Gasteiger partial charge in [-0.05, 0) is 68.4 Å². The minimum absolute atomic E-state index is 0.158. The van der Waals surface area contributed by atoms with Crippen LogP contribution in [0.3, 0.4) is 0 Å². The Morgan fingerprint density at radius 2 is 1.81 bits per heavy atom. The first kappa shape index (κ1) is 26.3. The number of nitrogens with zero attached hydrogens (tertiary/aromatic N) is 1. The molecular weight excluding hydrogens is 510 g/mol. The molecule has 4 rings (SSSR count). The number of hydrogen-bond acceptors (Lipinski definition) is 8. The van der Waals surface area contributed by atoms with Crippen LogP contribution in [0.15, 0.2) is 65.6 Å². The highest BCUT2D eigenvalue weighted by Gasteiger charge is 2.17. The molecule has 0 aliphatic rings. The molecule has 1 heterocycles. The number of ether oxygens (including phenoxy) is 3. The van der Waals surface area contributed by atoms with Crippen molar-refractivity contribution in [2.24, 2.45) is 0 Å². The lowest BCUT2D eigenvalue weighted by molar-refractivity contribution is -0.115. The van der Waals surface area contributed by atoms with Gasteiger partial charge < -0.3 is 24.8 Å². The highest BCUT2D eigenvalue weighted by atomic mass is 32.2. The molecule has 0 fully saturated rings. The van der Waals surface area contributed by atoms with Crippen molar-refractivity contribution < 1.29 is 23.8 Å². The number of methoxy groups -OCH3 is 2. The fourth-order valence-electron chi connectivity index (χ4n) is 3.51. The van der Waals surface area contributed by atoms with E-state index in [4.69, 9.17) is 14.2 Å². The van der Waals surface area contributed by atoms with Gasteiger partial charge in [-0.3, -0.25) is 9.59 Å². The van der Waals surface area contributed by atoms with E-state index < -0.39 is 0 Å². The van der Waals surface area contributed by atoms with Crippen LogP contribution in [0.5, 0.6) is 17.2 Å². The number of fused-ring (bicyclic) bond motifs is 1. The molecule has 4 aromatic rings. The highest BCUT2D eigenvalue weighted by molar-refractivity contribution is 8.00. The Morgan fingerprint density at radius 1 is 1.00 bits per heavy atom. The average molecular weight is 538 g/mol. The van der Waals surface area contributed by atoms with Gasteiger partial charge in [0.1, 0.15) is 5.75 Å². The van der Waals surface area contributed by atoms with Gasteiger partial charge in [-0.15, -0.1) is 11.8 Å². The van der Waals surface area contributed by atoms with Gasteiger partial charge >= 0.3 is 0 Å². The van der Waals surface area contributed by atoms with Gasteiger partial charge in [0.15, 0.2) is 16.6 Å². The summed E-state index contributed by atoms with van der Waals surface area (Å²) < 4.78 is 17.0. The van der Waals surface area contributed by atoms with Crippen molar-refractivity contribution in [3.63, 3.8) is 0 Å². The fraction of sp³-hybridized carbons (Fsp3) is 0.222. The molecule has 0 saturated carbocycles. The number of aromatic nitrogens is 1. The Bertz CT molecular complexity index is 1420. The molecule has 0 aliphatic heterocycles. The molecular formula is C27H27N3O5S2. The van der Waals surface area contributed by atoms with Crippen molar-refractivity contribution in [3.05, 3.63) is 66.2 Å². The second kappa shape index (κ2) is 12.0. The van der Waals surface area contributed by atoms with E-state index in [1.807, 2.05) is 50.2 Å². The van der Waals surface area contributed by atoms with Crippen molar-refractivity contribution >= 4 is 55.9 Å². The molecule has 1 atom stereocenters. The maximum Gasteiger partial charge on any atom is 0.255 e. The van der Waals surface area contributed by atoms with Crippen LogP contribution in [-0.4, -0.2) is 42.9 Å². The van der Waals surface area contributed by atoms with E-state index in [-0.39, 0.29) is 17.1 Å². The standard InChI is InChI=1S/C27H27N3O5S2/c1-5-35-19-10-11-21-24(15-19)37-27(29-21)30-25(31)16(2)36-20-8-6-7-18(14-20)28-26(32)17-9-12-22(33-3)23(13-17)34-4/h6-16H,5H2,1-4H3,(H,28,32)(H,29,30,31). The Morgan fingerprint density at radius 3 is 2.57 bits per heavy atom. The van der Waals surface area contributed by atoms with Gasteiger partial charge in [0, 0.05) is 16.1 Å². The van der Waals surface area contributed by atoms with Crippen LogP contribution in [0.4, 0.5) is 10.8 Å². The molecule has 0 aliphatic carbocycles. The summed E-state index contributed by atoms with van der Waals surface area (Å²) in [5.41, 5.74) is 1.86. The summed E-state index contributed by atoms with van der Waals surface area (Å²) in [5, 5.41) is 5.95. The summed E-state index contributed by atoms with van der Waals surface area (Å²) in [6.07, 6.45) is 0. The summed E-state index contributed by atoms with van der Waals surface area (Å²) in [7, 11) is 3.06. The van der Waals surface area contributed by atoms with Crippen molar-refractivity contribution in [3.8, 4) is 17.2 Å². The number of thioether (sulfide) groups is 1. The molecule has 2 N–H and O–H groups in total. The average Bonchev–Trinajstić information content (AvgIpc) is 3.30. The lowest BCUT2D eigenvalue weighted by Crippen LogP contribution is -2.22. The summed E-state index contributed by atoms with van der Waals surface area (Å²) in [5.74, 6) is 1.36. The lowest BCUT2D eigenvalue weighted by Gasteiger charge is -2.12. The van der Waals surface area contributed by atoms with Crippen LogP contribution in [-0.2, 0) is 4.79 Å². The number of amides is 2. The van der Waals surface area contributed by atoms with Gasteiger partial charge in [0.2, 0.25) is 5.91 Å². The van der Waals surface area contributed by atoms with Gasteiger partial charge in [-0.2, -0.15) is 0 Å². The van der Waals surface area contributed by atoms with E-state index in [1.54, 1.807) is 31.4 Å². The second-order valence-corrected chi connectivity index (χ2v) is 10.3. The van der Waals surface area contributed by atoms with Gasteiger partial charge in [0.05, 0.1) is 36.3 Å². The first-order chi connectivity index (χ1) is 17.9. The predicted molar refractivity (Wildman–Crippen MR) is 149 cm³/mol. The van der Waals surface area contributed by atoms with E-state index in [2.05, 4.69) is 15.6 Å². The fourth-order valence-corrected chi connectivity index (χ4v) is 5.33. The molecule has 8 nitrogen and oxygen atoms in total. The summed E-state index contributed by atoms with van der Waals surface area (Å²) >= 11 is 2.80. The third kappa shape index (κ3) is 6.52. The Kier molecular flexibility index (Phi) is 8.52. The van der Waals surface area contributed by atoms with Gasteiger partial charge in [-0.25, -0.2) is 4.98 Å². The number of carbonyl (C=O) groups excluding carboxylic acids is 2. The van der Waals surface area contributed by atoms with Crippen LogP contribution in [0, 0.1) is 0 Å². The molecule has 192 valence electrons. The van der Waals surface area contributed by atoms with Crippen LogP contribution in [0.25, 0.3) is 10.2 Å². The molecule has 0 bridgehead atoms. The molecule has 0 spiro atoms. The monoisotopic (exact) mass is 537 g/mol. The predicted octanol–water partition coefficient (Wildman–Crippen LogP) is 6.08. The van der Waals surface area contributed by atoms with E-state index in [0.29, 0.717) is 34.5 Å². The number of carbonyl (C=O) groups is 2. The molecule has 0 saturated heterocycles. The zero-order valence-electron chi connectivity index (χ0n) is 20.9. The molecule has 1 unspecified atom stereocenters. The summed E-state index contributed by atoms with van der Waals surface area (Å²) in [4.78, 5) is 31.0. The molecule has 1 aromatic heterocycles. The zero-order valence-corrected chi connectivity index (χ0v) is 22.5. The van der Waals surface area contributed by atoms with Crippen LogP contribution >= 0.6 is 23.1 Å². The number of thiazole rings is 1. The maximum atomic E-state index is 12.8. The van der Waals surface area contributed by atoms with E-state index in [0.717, 1.165) is 20.9 Å². The Balaban J connectivity index is 1.38. The van der Waals surface area contributed by atoms with Gasteiger partial charge in [0.25, 0.3) is 5.91 Å². The molecule has 0 radical (unpaired) electrons. The second-order valence-electron chi connectivity index (χ2n) is 7.88. The quantitative estimate of drug-likeness (QED) is 0.236. The number of anilines is 2. The number of hydrogen-bond donors (Lipinski definition) is 2. The van der Waals surface area contributed by atoms with Crippen LogP contribution in [0.1, 0.15) is 24.2 Å². The van der Waals surface area contributed by atoms with Crippen molar-refractivity contribution in [2.45, 2.75) is 24.0 Å². The largest absolute Gasteiger partial charge is 0.494 e. The van der Waals surface area contributed by atoms with E-state index >= 15 is 0 Å². The minimum Gasteiger partial charge on any atom is -0.494 e. The molecule has 2 amide bonds. The van der Waals surface area contributed by atoms with Crippen LogP contribution < -0.4 is 24.8 Å². The molecule has 37 heavy (non-hydrogen) atoms. The SMILES string of the molecule is CCOc1ccc2nc(NC(=O)C(C)Sc3cccc(NC(=O)c4ccc(OC)c(OC)c4)c3)sc2c1. The van der Waals surface area contributed by atoms with E-state index in [1.165, 1.54) is 30.2 Å². The lowest BCUT2D eigenvalue weighted by atomic mass is 10.2. The minimum atomic E-state index is -0.386. The van der Waals surface area contributed by atoms with Crippen molar-refractivity contribution in [2.75, 3.05) is 31.5 Å². The Hall–Kier alpha value is -3.76. The number of nitrogens with one attached hydrogen (secondary N) is 2. The van der Waals surface area contributed by atoms with Gasteiger partial charge in [-0.1, -0.05) is 17.4 Å². The van der Waals surface area contributed by atoms with Crippen molar-refractivity contribution in [1.29, 1.82) is 0 Å². The number of benzene rings is 3. The smallest absolute Gasteiger partial charge is 0.255 e. The summed E-state index contributed by atoms with van der Waals surface area (Å²) in [6.45, 7) is 4.35. The topological polar surface area (TPSA) is 98.8 Å². The zero-order chi connectivity index (χ0) is 26.4. The highest BCUT2D eigenvalue weighted by Crippen LogP contribution is 2.32. The maximum absolute atomic E-state index is 12.8. The van der Waals surface area contributed by atoms with Crippen molar-refractivity contribution in [1.82, 2.24) is 4.98 Å². The number of rotatable bonds is 10.